The largest absolute Gasteiger partial charge is 0.461 e. The fourth-order valence-electron chi connectivity index (χ4n) is 8.50. The minimum Gasteiger partial charge on any atom is -0.461 e. The summed E-state index contributed by atoms with van der Waals surface area (Å²) in [6, 6.07) is 3.18. The predicted octanol–water partition coefficient (Wildman–Crippen LogP) is 4.33. The van der Waals surface area contributed by atoms with Crippen LogP contribution < -0.4 is 0 Å². The summed E-state index contributed by atoms with van der Waals surface area (Å²) >= 11 is 0. The van der Waals surface area contributed by atoms with Crippen molar-refractivity contribution >= 4 is 29.7 Å². The maximum atomic E-state index is 15.2. The molecule has 0 spiro atoms. The number of carbonyl (C=O) groups is 5. The van der Waals surface area contributed by atoms with Gasteiger partial charge in [-0.25, -0.2) is 4.79 Å². The normalized spacial score (nSPS) is 37.3. The molecular formula is C35H43NO10. The van der Waals surface area contributed by atoms with Crippen LogP contribution in [0, 0.1) is 29.1 Å². The minimum absolute atomic E-state index is 0.00657. The molecular weight excluding hydrogens is 594 g/mol. The molecule has 248 valence electrons. The number of hydrogen-bond acceptors (Lipinski definition) is 11. The summed E-state index contributed by atoms with van der Waals surface area (Å²) in [5.41, 5.74) is -3.94. The smallest absolute Gasteiger partial charge is 0.340 e. The van der Waals surface area contributed by atoms with E-state index in [9.17, 15) is 19.2 Å². The second-order valence-electron chi connectivity index (χ2n) is 13.3. The summed E-state index contributed by atoms with van der Waals surface area (Å²) in [5.74, 6) is -5.82. The van der Waals surface area contributed by atoms with Crippen molar-refractivity contribution in [1.82, 2.24) is 4.98 Å². The quantitative estimate of drug-likeness (QED) is 0.217. The van der Waals surface area contributed by atoms with Gasteiger partial charge in [-0.05, 0) is 44.4 Å². The zero-order valence-corrected chi connectivity index (χ0v) is 27.3. The highest BCUT2D eigenvalue weighted by atomic mass is 16.6. The van der Waals surface area contributed by atoms with Crippen molar-refractivity contribution in [3.63, 3.8) is 0 Å². The van der Waals surface area contributed by atoms with Gasteiger partial charge in [0.05, 0.1) is 23.5 Å². The number of rotatable bonds is 9. The summed E-state index contributed by atoms with van der Waals surface area (Å²) in [6.07, 6.45) is 3.81. The maximum absolute atomic E-state index is 15.2. The lowest BCUT2D eigenvalue weighted by Gasteiger charge is -2.51. The molecule has 11 nitrogen and oxygen atoms in total. The SMILES string of the molecule is C=C(C)C1C=C[C@@H](OC(=O)c2cccnc2)C23COC(C)(C(=O)[C@@]4(OC(C)=O)C[C@H](C)C(OC(=O)CC)C4[C@H]2OC(=O)CCC)C13. The molecule has 6 unspecified atom stereocenters. The van der Waals surface area contributed by atoms with E-state index >= 15 is 4.79 Å². The van der Waals surface area contributed by atoms with E-state index in [1.165, 1.54) is 19.3 Å². The zero-order valence-electron chi connectivity index (χ0n) is 27.3. The molecule has 2 bridgehead atoms. The molecule has 0 aromatic carbocycles. The number of Topliss-reactive ketones (excluding diaryl/α,β-unsaturated/α-hetero) is 1. The average Bonchev–Trinajstić information content (AvgIpc) is 3.46. The van der Waals surface area contributed by atoms with Crippen LogP contribution in [0.1, 0.15) is 77.6 Å². The third-order valence-electron chi connectivity index (χ3n) is 10.2. The lowest BCUT2D eigenvalue weighted by atomic mass is 9.55. The first-order valence-electron chi connectivity index (χ1n) is 16.0. The fraction of sp³-hybridized carbons (Fsp3) is 0.600. The molecule has 3 fully saturated rings. The molecule has 46 heavy (non-hydrogen) atoms. The van der Waals surface area contributed by atoms with E-state index in [-0.39, 0.29) is 31.4 Å². The van der Waals surface area contributed by atoms with E-state index < -0.39 is 88.3 Å². The van der Waals surface area contributed by atoms with Crippen LogP contribution in [0.3, 0.4) is 0 Å². The summed E-state index contributed by atoms with van der Waals surface area (Å²) in [6.45, 7) is 14.1. The van der Waals surface area contributed by atoms with E-state index in [0.717, 1.165) is 0 Å². The first-order chi connectivity index (χ1) is 21.8. The molecule has 0 radical (unpaired) electrons. The summed E-state index contributed by atoms with van der Waals surface area (Å²) < 4.78 is 31.3. The van der Waals surface area contributed by atoms with Crippen LogP contribution in [-0.2, 0) is 42.9 Å². The van der Waals surface area contributed by atoms with E-state index in [1.807, 2.05) is 26.8 Å². The number of pyridine rings is 1. The Morgan fingerprint density at radius 2 is 1.83 bits per heavy atom. The highest BCUT2D eigenvalue weighted by Gasteiger charge is 2.81. The van der Waals surface area contributed by atoms with Crippen LogP contribution in [0.2, 0.25) is 0 Å². The molecule has 11 heteroatoms. The Morgan fingerprint density at radius 3 is 2.43 bits per heavy atom. The van der Waals surface area contributed by atoms with Gasteiger partial charge in [-0.2, -0.15) is 0 Å². The fourth-order valence-corrected chi connectivity index (χ4v) is 8.50. The molecule has 3 aliphatic carbocycles. The van der Waals surface area contributed by atoms with Gasteiger partial charge in [0.25, 0.3) is 0 Å². The van der Waals surface area contributed by atoms with Crippen LogP contribution in [0.4, 0.5) is 0 Å². The predicted molar refractivity (Wildman–Crippen MR) is 163 cm³/mol. The lowest BCUT2D eigenvalue weighted by molar-refractivity contribution is -0.210. The molecule has 5 rings (SSSR count). The second-order valence-corrected chi connectivity index (χ2v) is 13.3. The molecule has 0 amide bonds. The molecule has 10 atom stereocenters. The molecule has 0 N–H and O–H groups in total. The number of ketones is 1. The lowest BCUT2D eigenvalue weighted by Crippen LogP contribution is -2.62. The minimum atomic E-state index is -1.88. The van der Waals surface area contributed by atoms with Crippen LogP contribution >= 0.6 is 0 Å². The van der Waals surface area contributed by atoms with Crippen molar-refractivity contribution in [2.45, 2.75) is 96.7 Å². The molecule has 4 aliphatic rings. The zero-order chi connectivity index (χ0) is 33.6. The van der Waals surface area contributed by atoms with Gasteiger partial charge >= 0.3 is 23.9 Å². The van der Waals surface area contributed by atoms with Crippen molar-refractivity contribution in [1.29, 1.82) is 0 Å². The number of ether oxygens (including phenoxy) is 5. The first-order valence-corrected chi connectivity index (χ1v) is 16.0. The van der Waals surface area contributed by atoms with Crippen LogP contribution in [0.5, 0.6) is 0 Å². The highest BCUT2D eigenvalue weighted by Crippen LogP contribution is 2.67. The number of fused-ring (bicyclic) bond motifs is 1. The van der Waals surface area contributed by atoms with Gasteiger partial charge in [-0.15, -0.1) is 0 Å². The van der Waals surface area contributed by atoms with Crippen molar-refractivity contribution in [3.8, 4) is 0 Å². The van der Waals surface area contributed by atoms with Gasteiger partial charge < -0.3 is 23.7 Å². The Morgan fingerprint density at radius 1 is 1.09 bits per heavy atom. The Labute approximate surface area is 269 Å². The molecule has 1 aliphatic heterocycles. The van der Waals surface area contributed by atoms with Crippen molar-refractivity contribution in [2.24, 2.45) is 29.1 Å². The van der Waals surface area contributed by atoms with Gasteiger partial charge in [0, 0.05) is 50.4 Å². The Bertz CT molecular complexity index is 1460. The van der Waals surface area contributed by atoms with E-state index in [0.29, 0.717) is 12.0 Å². The summed E-state index contributed by atoms with van der Waals surface area (Å²) in [4.78, 5) is 72.1. The van der Waals surface area contributed by atoms with E-state index in [4.69, 9.17) is 23.7 Å². The monoisotopic (exact) mass is 637 g/mol. The molecule has 2 heterocycles. The van der Waals surface area contributed by atoms with Crippen molar-refractivity contribution < 1.29 is 47.7 Å². The molecule has 1 aromatic heterocycles. The Hall–Kier alpha value is -3.86. The highest BCUT2D eigenvalue weighted by molar-refractivity contribution is 5.98. The number of aromatic nitrogens is 1. The number of allylic oxidation sites excluding steroid dienone is 2. The summed E-state index contributed by atoms with van der Waals surface area (Å²) in [5, 5.41) is 0. The second kappa shape index (κ2) is 12.4. The average molecular weight is 638 g/mol. The first kappa shape index (κ1) is 33.5. The number of nitrogens with zero attached hydrogens (tertiary/aromatic N) is 1. The van der Waals surface area contributed by atoms with Gasteiger partial charge in [0.1, 0.15) is 23.9 Å². The van der Waals surface area contributed by atoms with Crippen molar-refractivity contribution in [3.05, 3.63) is 54.4 Å². The van der Waals surface area contributed by atoms with Crippen LogP contribution in [0.25, 0.3) is 0 Å². The van der Waals surface area contributed by atoms with Gasteiger partial charge in [-0.3, -0.25) is 24.2 Å². The van der Waals surface area contributed by atoms with E-state index in [2.05, 4.69) is 11.6 Å². The molecule has 1 saturated heterocycles. The van der Waals surface area contributed by atoms with E-state index in [1.54, 1.807) is 32.1 Å². The van der Waals surface area contributed by atoms with Gasteiger partial charge in [-0.1, -0.05) is 39.0 Å². The topological polar surface area (TPSA) is 144 Å². The standard InChI is InChI=1S/C35H43NO10/c1-8-11-26(39)45-30-27-28(44-25(38)9-2)20(5)16-35(27,46-21(6)37)32(41)33(7)29-23(19(3)4)13-14-24(34(29,30)18-42-33)43-31(40)22-12-10-15-36-17-22/h10,12-15,17,20,23-24,27-30H,3,8-9,11,16,18H2,1-2,4-7H3/t20-,23?,24+,27?,28?,29?,30+,33?,34?,35+/m0/s1. The summed E-state index contributed by atoms with van der Waals surface area (Å²) in [7, 11) is 0. The van der Waals surface area contributed by atoms with Gasteiger partial charge in [0.2, 0.25) is 5.78 Å². The maximum Gasteiger partial charge on any atom is 0.340 e. The van der Waals surface area contributed by atoms with Gasteiger partial charge in [0.15, 0.2) is 5.60 Å². The molecule has 2 saturated carbocycles. The number of esters is 4. The third kappa shape index (κ3) is 5.16. The molecule has 1 aromatic rings. The number of carbonyl (C=O) groups excluding carboxylic acids is 5. The Kier molecular flexibility index (Phi) is 9.02. The third-order valence-corrected chi connectivity index (χ3v) is 10.2. The van der Waals surface area contributed by atoms with Crippen LogP contribution in [0.15, 0.2) is 48.8 Å². The Balaban J connectivity index is 1.81. The van der Waals surface area contributed by atoms with Crippen LogP contribution in [-0.4, -0.2) is 70.8 Å². The number of hydrogen-bond donors (Lipinski definition) is 0. The van der Waals surface area contributed by atoms with Crippen molar-refractivity contribution in [2.75, 3.05) is 6.61 Å².